The lowest BCUT2D eigenvalue weighted by Crippen LogP contribution is -2.34. The Morgan fingerprint density at radius 1 is 1.37 bits per heavy atom. The smallest absolute Gasteiger partial charge is 0.0353 e. The molecule has 0 spiro atoms. The molecule has 1 fully saturated rings. The van der Waals surface area contributed by atoms with Crippen LogP contribution in [0, 0.1) is 18.3 Å². The van der Waals surface area contributed by atoms with Crippen molar-refractivity contribution >= 4 is 0 Å². The predicted octanol–water partition coefficient (Wildman–Crippen LogP) is 4.86. The molecule has 1 nitrogen and oxygen atoms in total. The van der Waals surface area contributed by atoms with Gasteiger partial charge in [0, 0.05) is 6.04 Å². The van der Waals surface area contributed by atoms with E-state index in [9.17, 15) is 0 Å². The maximum Gasteiger partial charge on any atom is 0.0353 e. The van der Waals surface area contributed by atoms with Gasteiger partial charge in [-0.2, -0.15) is 0 Å². The van der Waals surface area contributed by atoms with Crippen LogP contribution in [0.4, 0.5) is 0 Å². The summed E-state index contributed by atoms with van der Waals surface area (Å²) in [6.07, 6.45) is 5.32. The Kier molecular flexibility index (Phi) is 4.67. The molecule has 0 bridgehead atoms. The molecule has 2 unspecified atom stereocenters. The van der Waals surface area contributed by atoms with Gasteiger partial charge in [0.05, 0.1) is 0 Å². The molecule has 1 N–H and O–H groups in total. The average molecular weight is 259 g/mol. The SMILES string of the molecule is CCCNC(c1cccc(C)c1)C1CCCC1(C)C. The summed E-state index contributed by atoms with van der Waals surface area (Å²) in [6, 6.07) is 9.58. The highest BCUT2D eigenvalue weighted by Crippen LogP contribution is 2.48. The van der Waals surface area contributed by atoms with Crippen LogP contribution in [0.1, 0.15) is 63.6 Å². The Hall–Kier alpha value is -0.820. The summed E-state index contributed by atoms with van der Waals surface area (Å²) in [5, 5.41) is 3.81. The van der Waals surface area contributed by atoms with Crippen molar-refractivity contribution in [2.24, 2.45) is 11.3 Å². The Balaban J connectivity index is 2.25. The maximum atomic E-state index is 3.81. The normalized spacial score (nSPS) is 23.5. The number of nitrogens with one attached hydrogen (secondary N) is 1. The minimum absolute atomic E-state index is 0.467. The highest BCUT2D eigenvalue weighted by Gasteiger charge is 2.39. The molecule has 19 heavy (non-hydrogen) atoms. The molecule has 1 saturated carbocycles. The van der Waals surface area contributed by atoms with Crippen LogP contribution >= 0.6 is 0 Å². The molecule has 2 rings (SSSR count). The van der Waals surface area contributed by atoms with Crippen molar-refractivity contribution in [1.29, 1.82) is 0 Å². The van der Waals surface area contributed by atoms with Crippen LogP contribution in [0.15, 0.2) is 24.3 Å². The van der Waals surface area contributed by atoms with Gasteiger partial charge in [-0.05, 0) is 49.6 Å². The van der Waals surface area contributed by atoms with Gasteiger partial charge in [0.2, 0.25) is 0 Å². The van der Waals surface area contributed by atoms with Crippen LogP contribution in [0.25, 0.3) is 0 Å². The first-order valence-electron chi connectivity index (χ1n) is 7.84. The summed E-state index contributed by atoms with van der Waals surface area (Å²) in [5.74, 6) is 0.765. The molecule has 0 heterocycles. The summed E-state index contributed by atoms with van der Waals surface area (Å²) in [5.41, 5.74) is 3.32. The molecule has 106 valence electrons. The van der Waals surface area contributed by atoms with Crippen molar-refractivity contribution in [3.8, 4) is 0 Å². The molecular formula is C18H29N. The van der Waals surface area contributed by atoms with Crippen LogP contribution in [0.5, 0.6) is 0 Å². The van der Waals surface area contributed by atoms with E-state index in [1.54, 1.807) is 0 Å². The lowest BCUT2D eigenvalue weighted by molar-refractivity contribution is 0.197. The van der Waals surface area contributed by atoms with Crippen LogP contribution in [0.2, 0.25) is 0 Å². The van der Waals surface area contributed by atoms with Gasteiger partial charge in [0.25, 0.3) is 0 Å². The van der Waals surface area contributed by atoms with E-state index >= 15 is 0 Å². The van der Waals surface area contributed by atoms with Gasteiger partial charge < -0.3 is 5.32 Å². The number of hydrogen-bond donors (Lipinski definition) is 1. The topological polar surface area (TPSA) is 12.0 Å². The molecule has 1 aliphatic carbocycles. The Labute approximate surface area is 118 Å². The molecule has 0 saturated heterocycles. The first kappa shape index (κ1) is 14.6. The molecule has 0 aliphatic heterocycles. The van der Waals surface area contributed by atoms with Gasteiger partial charge in [-0.1, -0.05) is 57.0 Å². The Morgan fingerprint density at radius 2 is 2.16 bits per heavy atom. The van der Waals surface area contributed by atoms with Crippen LogP contribution in [-0.4, -0.2) is 6.54 Å². The van der Waals surface area contributed by atoms with E-state index in [4.69, 9.17) is 0 Å². The molecular weight excluding hydrogens is 230 g/mol. The zero-order valence-corrected chi connectivity index (χ0v) is 13.0. The second-order valence-electron chi connectivity index (χ2n) is 6.83. The first-order chi connectivity index (χ1) is 9.04. The highest BCUT2D eigenvalue weighted by molar-refractivity contribution is 5.26. The lowest BCUT2D eigenvalue weighted by Gasteiger charge is -2.35. The molecule has 0 aromatic heterocycles. The summed E-state index contributed by atoms with van der Waals surface area (Å²) in [7, 11) is 0. The van der Waals surface area contributed by atoms with Crippen molar-refractivity contribution in [2.45, 2.75) is 59.4 Å². The Morgan fingerprint density at radius 3 is 2.74 bits per heavy atom. The molecule has 1 aliphatic rings. The monoisotopic (exact) mass is 259 g/mol. The lowest BCUT2D eigenvalue weighted by atomic mass is 9.75. The van der Waals surface area contributed by atoms with E-state index in [1.165, 1.54) is 36.8 Å². The number of hydrogen-bond acceptors (Lipinski definition) is 1. The summed E-state index contributed by atoms with van der Waals surface area (Å²) >= 11 is 0. The largest absolute Gasteiger partial charge is 0.310 e. The first-order valence-corrected chi connectivity index (χ1v) is 7.84. The van der Waals surface area contributed by atoms with E-state index in [-0.39, 0.29) is 0 Å². The van der Waals surface area contributed by atoms with Crippen molar-refractivity contribution in [1.82, 2.24) is 5.32 Å². The van der Waals surface area contributed by atoms with Crippen molar-refractivity contribution in [3.63, 3.8) is 0 Å². The molecule has 0 radical (unpaired) electrons. The average Bonchev–Trinajstić information content (AvgIpc) is 2.70. The summed E-state index contributed by atoms with van der Waals surface area (Å²) < 4.78 is 0. The predicted molar refractivity (Wildman–Crippen MR) is 83.3 cm³/mol. The van der Waals surface area contributed by atoms with Gasteiger partial charge >= 0.3 is 0 Å². The minimum Gasteiger partial charge on any atom is -0.310 e. The van der Waals surface area contributed by atoms with Crippen LogP contribution in [0.3, 0.4) is 0 Å². The van der Waals surface area contributed by atoms with Crippen molar-refractivity contribution in [3.05, 3.63) is 35.4 Å². The van der Waals surface area contributed by atoms with E-state index < -0.39 is 0 Å². The molecule has 1 aromatic carbocycles. The molecule has 1 aromatic rings. The fourth-order valence-corrected chi connectivity index (χ4v) is 3.63. The fourth-order valence-electron chi connectivity index (χ4n) is 3.63. The van der Waals surface area contributed by atoms with Gasteiger partial charge in [0.1, 0.15) is 0 Å². The minimum atomic E-state index is 0.467. The molecule has 1 heteroatoms. The van der Waals surface area contributed by atoms with Crippen molar-refractivity contribution in [2.75, 3.05) is 6.54 Å². The van der Waals surface area contributed by atoms with Crippen LogP contribution < -0.4 is 5.32 Å². The molecule has 2 atom stereocenters. The van der Waals surface area contributed by atoms with Gasteiger partial charge in [-0.25, -0.2) is 0 Å². The van der Waals surface area contributed by atoms with E-state index in [2.05, 4.69) is 57.3 Å². The second kappa shape index (κ2) is 6.09. The Bertz CT molecular complexity index is 408. The fraction of sp³-hybridized carbons (Fsp3) is 0.667. The second-order valence-corrected chi connectivity index (χ2v) is 6.83. The van der Waals surface area contributed by atoms with E-state index in [1.807, 2.05) is 0 Å². The third-order valence-corrected chi connectivity index (χ3v) is 4.76. The van der Waals surface area contributed by atoms with Gasteiger partial charge in [-0.3, -0.25) is 0 Å². The quantitative estimate of drug-likeness (QED) is 0.796. The van der Waals surface area contributed by atoms with Gasteiger partial charge in [-0.15, -0.1) is 0 Å². The van der Waals surface area contributed by atoms with E-state index in [0.29, 0.717) is 11.5 Å². The third-order valence-electron chi connectivity index (χ3n) is 4.76. The number of aryl methyl sites for hydroxylation is 1. The highest BCUT2D eigenvalue weighted by atomic mass is 14.9. The van der Waals surface area contributed by atoms with Crippen LogP contribution in [-0.2, 0) is 0 Å². The zero-order chi connectivity index (χ0) is 13.9. The summed E-state index contributed by atoms with van der Waals surface area (Å²) in [6.45, 7) is 10.5. The van der Waals surface area contributed by atoms with E-state index in [0.717, 1.165) is 12.5 Å². The maximum absolute atomic E-state index is 3.81. The van der Waals surface area contributed by atoms with Gasteiger partial charge in [0.15, 0.2) is 0 Å². The summed E-state index contributed by atoms with van der Waals surface area (Å²) in [4.78, 5) is 0. The number of benzene rings is 1. The van der Waals surface area contributed by atoms with Crippen molar-refractivity contribution < 1.29 is 0 Å². The number of rotatable bonds is 5. The third kappa shape index (κ3) is 3.39. The molecule has 0 amide bonds. The zero-order valence-electron chi connectivity index (χ0n) is 13.0. The standard InChI is InChI=1S/C18H29N/c1-5-12-19-17(15-9-6-8-14(2)13-15)16-10-7-11-18(16,3)4/h6,8-9,13,16-17,19H,5,7,10-12H2,1-4H3.